The lowest BCUT2D eigenvalue weighted by Gasteiger charge is -2.26. The van der Waals surface area contributed by atoms with Crippen molar-refractivity contribution in [1.82, 2.24) is 4.57 Å². The van der Waals surface area contributed by atoms with Crippen molar-refractivity contribution in [3.63, 3.8) is 0 Å². The molecule has 0 N–H and O–H groups in total. The number of para-hydroxylation sites is 1. The van der Waals surface area contributed by atoms with Gasteiger partial charge in [0, 0.05) is 29.3 Å². The van der Waals surface area contributed by atoms with Gasteiger partial charge < -0.3 is 13.9 Å². The second-order valence-corrected chi connectivity index (χ2v) is 11.0. The zero-order valence-corrected chi connectivity index (χ0v) is 24.6. The lowest BCUT2D eigenvalue weighted by Crippen LogP contribution is -2.40. The first-order chi connectivity index (χ1) is 20.1. The molecule has 5 rings (SSSR count). The van der Waals surface area contributed by atoms with E-state index in [9.17, 15) is 19.7 Å². The predicted octanol–water partition coefficient (Wildman–Crippen LogP) is 5.06. The number of hydrogen-bond acceptors (Lipinski definition) is 9. The van der Waals surface area contributed by atoms with E-state index in [2.05, 4.69) is 4.99 Å². The summed E-state index contributed by atoms with van der Waals surface area (Å²) in [7, 11) is 0. The highest BCUT2D eigenvalue weighted by Gasteiger charge is 2.35. The maximum absolute atomic E-state index is 14.0. The molecule has 0 bridgehead atoms. The molecule has 4 aromatic rings. The van der Waals surface area contributed by atoms with Crippen LogP contribution in [0.1, 0.15) is 50.6 Å². The van der Waals surface area contributed by atoms with E-state index in [0.717, 1.165) is 0 Å². The Balaban J connectivity index is 1.64. The molecular weight excluding hydrogens is 558 g/mol. The highest BCUT2D eigenvalue weighted by molar-refractivity contribution is 7.07. The van der Waals surface area contributed by atoms with Crippen LogP contribution in [0.2, 0.25) is 0 Å². The van der Waals surface area contributed by atoms with E-state index in [1.54, 1.807) is 45.0 Å². The quantitative estimate of drug-likeness (QED) is 0.160. The molecule has 216 valence electrons. The van der Waals surface area contributed by atoms with E-state index in [4.69, 9.17) is 13.9 Å². The molecule has 0 amide bonds. The number of aryl methyl sites for hydroxylation is 1. The van der Waals surface area contributed by atoms with E-state index in [1.807, 2.05) is 38.1 Å². The zero-order chi connectivity index (χ0) is 30.1. The van der Waals surface area contributed by atoms with Crippen LogP contribution in [0.3, 0.4) is 0 Å². The molecule has 1 aliphatic heterocycles. The fourth-order valence-corrected chi connectivity index (χ4v) is 5.92. The average Bonchev–Trinajstić information content (AvgIpc) is 3.52. The Labute approximate surface area is 245 Å². The number of fused-ring (bicyclic) bond motifs is 1. The van der Waals surface area contributed by atoms with Crippen LogP contribution in [-0.4, -0.2) is 28.2 Å². The predicted molar refractivity (Wildman–Crippen MR) is 158 cm³/mol. The largest absolute Gasteiger partial charge is 0.491 e. The number of thiazole rings is 1. The topological polar surface area (TPSA) is 126 Å². The summed E-state index contributed by atoms with van der Waals surface area (Å²) in [5, 5.41) is 11.1. The molecule has 0 unspecified atom stereocenters. The minimum Gasteiger partial charge on any atom is -0.491 e. The summed E-state index contributed by atoms with van der Waals surface area (Å²) in [5.74, 6) is 0.943. The molecule has 2 aromatic carbocycles. The van der Waals surface area contributed by atoms with Gasteiger partial charge in [0.2, 0.25) is 0 Å². The second kappa shape index (κ2) is 11.6. The highest BCUT2D eigenvalue weighted by Crippen LogP contribution is 2.36. The average molecular weight is 588 g/mol. The van der Waals surface area contributed by atoms with Crippen molar-refractivity contribution in [2.24, 2.45) is 4.99 Å². The van der Waals surface area contributed by atoms with Gasteiger partial charge in [-0.15, -0.1) is 0 Å². The summed E-state index contributed by atoms with van der Waals surface area (Å²) in [5.41, 5.74) is 2.42. The fraction of sp³-hybridized carbons (Fsp3) is 0.258. The maximum Gasteiger partial charge on any atom is 0.338 e. The first kappa shape index (κ1) is 28.7. The van der Waals surface area contributed by atoms with Gasteiger partial charge in [-0.2, -0.15) is 0 Å². The Morgan fingerprint density at radius 1 is 1.19 bits per heavy atom. The number of nitro benzene ring substituents is 1. The lowest BCUT2D eigenvalue weighted by atomic mass is 9.95. The van der Waals surface area contributed by atoms with Gasteiger partial charge in [0.25, 0.3) is 11.2 Å². The summed E-state index contributed by atoms with van der Waals surface area (Å²) in [6, 6.07) is 14.5. The number of aromatic nitrogens is 1. The monoisotopic (exact) mass is 587 g/mol. The summed E-state index contributed by atoms with van der Waals surface area (Å²) in [4.78, 5) is 42.9. The van der Waals surface area contributed by atoms with Crippen molar-refractivity contribution in [1.29, 1.82) is 0 Å². The molecule has 0 saturated carbocycles. The van der Waals surface area contributed by atoms with Crippen LogP contribution in [-0.2, 0) is 9.53 Å². The van der Waals surface area contributed by atoms with Crippen LogP contribution >= 0.6 is 11.3 Å². The van der Waals surface area contributed by atoms with Gasteiger partial charge in [0.05, 0.1) is 33.4 Å². The van der Waals surface area contributed by atoms with Crippen molar-refractivity contribution in [3.8, 4) is 17.1 Å². The Hall–Kier alpha value is -4.77. The molecule has 1 atom stereocenters. The van der Waals surface area contributed by atoms with Gasteiger partial charge in [-0.3, -0.25) is 19.5 Å². The summed E-state index contributed by atoms with van der Waals surface area (Å²) in [6.07, 6.45) is 1.50. The van der Waals surface area contributed by atoms with Crippen molar-refractivity contribution in [3.05, 3.63) is 113 Å². The molecule has 42 heavy (non-hydrogen) atoms. The molecule has 0 fully saturated rings. The van der Waals surface area contributed by atoms with Gasteiger partial charge in [-0.05, 0) is 64.4 Å². The molecule has 1 aliphatic rings. The molecule has 0 aliphatic carbocycles. The molecule has 11 heteroatoms. The van der Waals surface area contributed by atoms with Crippen LogP contribution in [0.5, 0.6) is 5.75 Å². The van der Waals surface area contributed by atoms with Crippen molar-refractivity contribution in [2.75, 3.05) is 6.61 Å². The summed E-state index contributed by atoms with van der Waals surface area (Å²) < 4.78 is 19.4. The molecule has 10 nitrogen and oxygen atoms in total. The van der Waals surface area contributed by atoms with Gasteiger partial charge in [0.1, 0.15) is 23.3 Å². The van der Waals surface area contributed by atoms with Crippen LogP contribution < -0.4 is 19.6 Å². The van der Waals surface area contributed by atoms with Crippen LogP contribution in [0.4, 0.5) is 5.69 Å². The number of rotatable bonds is 8. The van der Waals surface area contributed by atoms with Crippen molar-refractivity contribution in [2.45, 2.75) is 46.8 Å². The first-order valence-corrected chi connectivity index (χ1v) is 14.2. The number of nitro groups is 1. The van der Waals surface area contributed by atoms with Gasteiger partial charge in [0.15, 0.2) is 4.80 Å². The number of furan rings is 1. The third-order valence-electron chi connectivity index (χ3n) is 6.68. The number of ether oxygens (including phenoxy) is 2. The fourth-order valence-electron chi connectivity index (χ4n) is 4.90. The maximum atomic E-state index is 14.0. The summed E-state index contributed by atoms with van der Waals surface area (Å²) >= 11 is 1.19. The SMILES string of the molecule is CCOC(=O)C1=C(C)N=c2s/c(=C\c3ccc(-c4ccc([N+](=O)[O-])cc4C)o3)c(=O)n2[C@@H]1c1ccccc1OC(C)C. The number of carbonyl (C=O) groups is 1. The van der Waals surface area contributed by atoms with E-state index in [1.165, 1.54) is 28.0 Å². The van der Waals surface area contributed by atoms with Gasteiger partial charge >= 0.3 is 5.97 Å². The normalized spacial score (nSPS) is 15.0. The number of allylic oxidation sites excluding steroid dienone is 1. The Kier molecular flexibility index (Phi) is 7.95. The molecule has 0 spiro atoms. The third-order valence-corrected chi connectivity index (χ3v) is 7.66. The number of carbonyl (C=O) groups excluding carboxylic acids is 1. The van der Waals surface area contributed by atoms with Crippen LogP contribution in [0.25, 0.3) is 17.4 Å². The van der Waals surface area contributed by atoms with E-state index in [-0.39, 0.29) is 29.5 Å². The first-order valence-electron chi connectivity index (χ1n) is 13.4. The van der Waals surface area contributed by atoms with Gasteiger partial charge in [-0.1, -0.05) is 29.5 Å². The van der Waals surface area contributed by atoms with Crippen LogP contribution in [0, 0.1) is 17.0 Å². The highest BCUT2D eigenvalue weighted by atomic mass is 32.1. The lowest BCUT2D eigenvalue weighted by molar-refractivity contribution is -0.384. The zero-order valence-electron chi connectivity index (χ0n) is 23.7. The molecule has 2 aromatic heterocycles. The second-order valence-electron chi connectivity index (χ2n) is 9.97. The molecule has 3 heterocycles. The third kappa shape index (κ3) is 5.42. The Morgan fingerprint density at radius 2 is 1.95 bits per heavy atom. The molecular formula is C31H29N3O7S. The minimum atomic E-state index is -0.813. The number of benzene rings is 2. The van der Waals surface area contributed by atoms with Gasteiger partial charge in [-0.25, -0.2) is 9.79 Å². The van der Waals surface area contributed by atoms with Crippen LogP contribution in [0.15, 0.2) is 80.1 Å². The molecule has 0 radical (unpaired) electrons. The number of esters is 1. The van der Waals surface area contributed by atoms with Crippen molar-refractivity contribution < 1.29 is 23.6 Å². The summed E-state index contributed by atoms with van der Waals surface area (Å²) in [6.45, 7) is 9.22. The van der Waals surface area contributed by atoms with E-state index >= 15 is 0 Å². The number of nitrogens with zero attached hydrogens (tertiary/aromatic N) is 3. The Bertz CT molecular complexity index is 1910. The minimum absolute atomic E-state index is 0.00320. The van der Waals surface area contributed by atoms with E-state index < -0.39 is 16.9 Å². The molecule has 0 saturated heterocycles. The standard InChI is InChI=1S/C31H29N3O7S/c1-6-39-30(36)27-19(5)32-31-33(28(27)23-9-7-8-10-24(23)40-17(2)3)29(35)26(42-31)16-21-12-14-25(41-21)22-13-11-20(34(37)38)15-18(22)4/h7-17,28H,6H2,1-5H3/b26-16-/t28-/m1/s1. The Morgan fingerprint density at radius 3 is 2.64 bits per heavy atom. The van der Waals surface area contributed by atoms with E-state index in [0.29, 0.717) is 49.0 Å². The smallest absolute Gasteiger partial charge is 0.338 e. The van der Waals surface area contributed by atoms with Crippen molar-refractivity contribution >= 4 is 29.1 Å². The number of non-ortho nitro benzene ring substituents is 1. The number of hydrogen-bond donors (Lipinski definition) is 0.